The molecule has 1 atom stereocenters. The fourth-order valence-corrected chi connectivity index (χ4v) is 2.31. The van der Waals surface area contributed by atoms with Crippen molar-refractivity contribution in [2.24, 2.45) is 0 Å². The molecule has 0 saturated carbocycles. The van der Waals surface area contributed by atoms with Crippen LogP contribution in [0.2, 0.25) is 0 Å². The van der Waals surface area contributed by atoms with Gasteiger partial charge in [-0.15, -0.1) is 0 Å². The lowest BCUT2D eigenvalue weighted by Crippen LogP contribution is -2.35. The third-order valence-electron chi connectivity index (χ3n) is 3.39. The smallest absolute Gasteiger partial charge is 0.149 e. The molecule has 0 bridgehead atoms. The van der Waals surface area contributed by atoms with Crippen LogP contribution in [-0.2, 0) is 11.2 Å². The summed E-state index contributed by atoms with van der Waals surface area (Å²) in [5.41, 5.74) is 1.23. The minimum Gasteiger partial charge on any atom is -0.310 e. The van der Waals surface area contributed by atoms with Crippen molar-refractivity contribution in [3.63, 3.8) is 0 Å². The second-order valence-corrected chi connectivity index (χ2v) is 4.50. The molecule has 0 radical (unpaired) electrons. The van der Waals surface area contributed by atoms with Crippen LogP contribution >= 0.6 is 0 Å². The highest BCUT2D eigenvalue weighted by molar-refractivity contribution is 5.88. The Hall–Kier alpha value is -1.67. The van der Waals surface area contributed by atoms with E-state index in [1.165, 1.54) is 16.3 Å². The van der Waals surface area contributed by atoms with Gasteiger partial charge in [-0.1, -0.05) is 49.4 Å². The average molecular weight is 241 g/mol. The van der Waals surface area contributed by atoms with Crippen molar-refractivity contribution in [3.05, 3.63) is 48.0 Å². The van der Waals surface area contributed by atoms with Crippen LogP contribution in [0.5, 0.6) is 0 Å². The molecule has 0 aliphatic rings. The number of nitrogens with one attached hydrogen (secondary N) is 1. The molecule has 0 saturated heterocycles. The molecule has 18 heavy (non-hydrogen) atoms. The lowest BCUT2D eigenvalue weighted by molar-refractivity contribution is -0.120. The highest BCUT2D eigenvalue weighted by Gasteiger charge is 2.15. The second kappa shape index (κ2) is 5.78. The summed E-state index contributed by atoms with van der Waals surface area (Å²) in [4.78, 5) is 11.8. The number of benzene rings is 2. The van der Waals surface area contributed by atoms with Crippen molar-refractivity contribution in [3.8, 4) is 0 Å². The van der Waals surface area contributed by atoms with Gasteiger partial charge in [0.2, 0.25) is 0 Å². The van der Waals surface area contributed by atoms with Crippen molar-refractivity contribution in [1.82, 2.24) is 5.32 Å². The summed E-state index contributed by atoms with van der Waals surface area (Å²) in [6.07, 6.45) is 1.33. The number of hydrogen-bond acceptors (Lipinski definition) is 2. The highest BCUT2D eigenvalue weighted by Crippen LogP contribution is 2.20. The third kappa shape index (κ3) is 2.59. The van der Waals surface area contributed by atoms with Crippen molar-refractivity contribution in [2.45, 2.75) is 25.8 Å². The van der Waals surface area contributed by atoms with Gasteiger partial charge in [-0.25, -0.2) is 0 Å². The topological polar surface area (TPSA) is 29.1 Å². The van der Waals surface area contributed by atoms with Gasteiger partial charge in [-0.3, -0.25) is 4.79 Å². The van der Waals surface area contributed by atoms with E-state index < -0.39 is 0 Å². The molecule has 2 aromatic rings. The molecule has 0 aliphatic carbocycles. The van der Waals surface area contributed by atoms with Gasteiger partial charge in [0, 0.05) is 6.42 Å². The first kappa shape index (κ1) is 12.8. The molecule has 2 aromatic carbocycles. The van der Waals surface area contributed by atoms with Gasteiger partial charge in [0.1, 0.15) is 5.78 Å². The second-order valence-electron chi connectivity index (χ2n) is 4.50. The first-order valence-electron chi connectivity index (χ1n) is 6.43. The minimum absolute atomic E-state index is 0.0826. The Morgan fingerprint density at radius 1 is 1.17 bits per heavy atom. The van der Waals surface area contributed by atoms with E-state index in [1.54, 1.807) is 0 Å². The third-order valence-corrected chi connectivity index (χ3v) is 3.39. The maximum atomic E-state index is 11.8. The summed E-state index contributed by atoms with van der Waals surface area (Å²) in [6.45, 7) is 1.91. The molecular formula is C16H19NO. The van der Waals surface area contributed by atoms with E-state index in [0.29, 0.717) is 6.42 Å². The normalized spacial score (nSPS) is 12.6. The largest absolute Gasteiger partial charge is 0.310 e. The summed E-state index contributed by atoms with van der Waals surface area (Å²) >= 11 is 0. The number of hydrogen-bond donors (Lipinski definition) is 1. The van der Waals surface area contributed by atoms with Gasteiger partial charge in [-0.05, 0) is 29.8 Å². The number of carbonyl (C=O) groups is 1. The van der Waals surface area contributed by atoms with Crippen LogP contribution in [0.1, 0.15) is 18.9 Å². The lowest BCUT2D eigenvalue weighted by Gasteiger charge is -2.15. The molecule has 0 aromatic heterocycles. The summed E-state index contributed by atoms with van der Waals surface area (Å²) in [7, 11) is 1.85. The Kier molecular flexibility index (Phi) is 4.11. The first-order valence-corrected chi connectivity index (χ1v) is 6.43. The first-order chi connectivity index (χ1) is 8.76. The van der Waals surface area contributed by atoms with E-state index in [-0.39, 0.29) is 11.8 Å². The Bertz CT molecular complexity index is 542. The van der Waals surface area contributed by atoms with Gasteiger partial charge in [0.15, 0.2) is 0 Å². The Morgan fingerprint density at radius 2 is 1.89 bits per heavy atom. The number of likely N-dealkylation sites (N-methyl/N-ethyl adjacent to an activating group) is 1. The maximum Gasteiger partial charge on any atom is 0.149 e. The number of rotatable bonds is 5. The van der Waals surface area contributed by atoms with E-state index in [0.717, 1.165) is 6.42 Å². The lowest BCUT2D eigenvalue weighted by atomic mass is 9.96. The molecule has 0 heterocycles. The van der Waals surface area contributed by atoms with Crippen LogP contribution in [0.3, 0.4) is 0 Å². The van der Waals surface area contributed by atoms with Crippen LogP contribution in [0.4, 0.5) is 0 Å². The van der Waals surface area contributed by atoms with Crippen LogP contribution in [0, 0.1) is 0 Å². The van der Waals surface area contributed by atoms with Crippen molar-refractivity contribution in [1.29, 1.82) is 0 Å². The molecule has 0 fully saturated rings. The van der Waals surface area contributed by atoms with Crippen LogP contribution in [-0.4, -0.2) is 18.9 Å². The molecule has 2 nitrogen and oxygen atoms in total. The van der Waals surface area contributed by atoms with Gasteiger partial charge in [-0.2, -0.15) is 0 Å². The zero-order valence-electron chi connectivity index (χ0n) is 10.9. The van der Waals surface area contributed by atoms with Crippen LogP contribution < -0.4 is 5.32 Å². The Labute approximate surface area is 108 Å². The molecule has 2 heteroatoms. The molecule has 0 amide bonds. The fraction of sp³-hybridized carbons (Fsp3) is 0.312. The van der Waals surface area contributed by atoms with E-state index >= 15 is 0 Å². The van der Waals surface area contributed by atoms with Gasteiger partial charge >= 0.3 is 0 Å². The molecular weight excluding hydrogens is 222 g/mol. The molecule has 0 spiro atoms. The number of ketones is 1. The van der Waals surface area contributed by atoms with Crippen molar-refractivity contribution < 1.29 is 4.79 Å². The molecule has 1 unspecified atom stereocenters. The molecule has 1 N–H and O–H groups in total. The predicted molar refractivity (Wildman–Crippen MR) is 75.8 cm³/mol. The number of carbonyl (C=O) groups excluding carboxylic acids is 1. The van der Waals surface area contributed by atoms with Gasteiger partial charge in [0.25, 0.3) is 0 Å². The quantitative estimate of drug-likeness (QED) is 0.872. The summed E-state index contributed by atoms with van der Waals surface area (Å²) < 4.78 is 0. The Morgan fingerprint density at radius 3 is 2.61 bits per heavy atom. The highest BCUT2D eigenvalue weighted by atomic mass is 16.1. The number of fused-ring (bicyclic) bond motifs is 1. The summed E-state index contributed by atoms with van der Waals surface area (Å²) in [5.74, 6) is 0.269. The zero-order chi connectivity index (χ0) is 13.0. The minimum atomic E-state index is -0.0826. The predicted octanol–water partition coefficient (Wildman–Crippen LogP) is 2.95. The fourth-order valence-electron chi connectivity index (χ4n) is 2.31. The van der Waals surface area contributed by atoms with Crippen LogP contribution in [0.15, 0.2) is 42.5 Å². The molecule has 94 valence electrons. The standard InChI is InChI=1S/C16H19NO/c1-3-16(18)15(17-2)11-13-9-6-8-12-7-4-5-10-14(12)13/h4-10,15,17H,3,11H2,1-2H3. The molecule has 0 aliphatic heterocycles. The van der Waals surface area contributed by atoms with Crippen molar-refractivity contribution >= 4 is 16.6 Å². The summed E-state index contributed by atoms with van der Waals surface area (Å²) in [5, 5.41) is 5.59. The SMILES string of the molecule is CCC(=O)C(Cc1cccc2ccccc12)NC. The summed E-state index contributed by atoms with van der Waals surface area (Å²) in [6, 6.07) is 14.5. The molecule has 2 rings (SSSR count). The van der Waals surface area contributed by atoms with E-state index in [4.69, 9.17) is 0 Å². The monoisotopic (exact) mass is 241 g/mol. The van der Waals surface area contributed by atoms with Crippen LogP contribution in [0.25, 0.3) is 10.8 Å². The average Bonchev–Trinajstić information content (AvgIpc) is 2.44. The van der Waals surface area contributed by atoms with E-state index in [2.05, 4.69) is 35.6 Å². The zero-order valence-corrected chi connectivity index (χ0v) is 10.9. The van der Waals surface area contributed by atoms with E-state index in [9.17, 15) is 4.79 Å². The van der Waals surface area contributed by atoms with Gasteiger partial charge in [0.05, 0.1) is 6.04 Å². The number of Topliss-reactive ketones (excluding diaryl/α,β-unsaturated/α-hetero) is 1. The maximum absolute atomic E-state index is 11.8. The van der Waals surface area contributed by atoms with E-state index in [1.807, 2.05) is 26.1 Å². The Balaban J connectivity index is 2.33. The van der Waals surface area contributed by atoms with Crippen molar-refractivity contribution in [2.75, 3.05) is 7.05 Å². The van der Waals surface area contributed by atoms with Gasteiger partial charge < -0.3 is 5.32 Å².